The smallest absolute Gasteiger partial charge is 0.346 e. The molecule has 1 amide bonds. The minimum atomic E-state index is -4.46. The Morgan fingerprint density at radius 3 is 2.69 bits per heavy atom. The molecule has 11 heteroatoms. The van der Waals surface area contributed by atoms with Crippen LogP contribution in [0.3, 0.4) is 0 Å². The van der Waals surface area contributed by atoms with Gasteiger partial charge in [0.15, 0.2) is 0 Å². The quantitative estimate of drug-likeness (QED) is 0.294. The molecule has 0 aliphatic rings. The normalized spacial score (nSPS) is 12.2. The first-order valence-electron chi connectivity index (χ1n) is 8.20. The third-order valence-electron chi connectivity index (χ3n) is 4.17. The summed E-state index contributed by atoms with van der Waals surface area (Å²) < 4.78 is 42.6. The summed E-state index contributed by atoms with van der Waals surface area (Å²) in [5.41, 5.74) is 3.72. The van der Waals surface area contributed by atoms with Crippen LogP contribution < -0.4 is 11.1 Å². The van der Waals surface area contributed by atoms with Crippen LogP contribution in [-0.4, -0.2) is 29.5 Å². The lowest BCUT2D eigenvalue weighted by Gasteiger charge is -2.06. The Morgan fingerprint density at radius 2 is 1.97 bits per heavy atom. The Kier molecular flexibility index (Phi) is 4.32. The Bertz CT molecular complexity index is 1460. The van der Waals surface area contributed by atoms with Crippen LogP contribution in [0.25, 0.3) is 16.6 Å². The molecular formula is C18H13N3O7S. The number of nitrogens with zero attached hydrogens (tertiary/aromatic N) is 2. The van der Waals surface area contributed by atoms with Crippen molar-refractivity contribution in [3.05, 3.63) is 69.9 Å². The van der Waals surface area contributed by atoms with Crippen molar-refractivity contribution in [3.63, 3.8) is 0 Å². The Morgan fingerprint density at radius 1 is 1.17 bits per heavy atom. The summed E-state index contributed by atoms with van der Waals surface area (Å²) in [6.45, 7) is 1.84. The fourth-order valence-electron chi connectivity index (χ4n) is 2.85. The zero-order valence-corrected chi connectivity index (χ0v) is 15.6. The largest absolute Gasteiger partial charge is 0.441 e. The van der Waals surface area contributed by atoms with Crippen LogP contribution in [0.5, 0.6) is 0 Å². The summed E-state index contributed by atoms with van der Waals surface area (Å²) in [5.74, 6) is -0.547. The Hall–Kier alpha value is -3.70. The summed E-state index contributed by atoms with van der Waals surface area (Å²) in [7, 11) is -4.46. The van der Waals surface area contributed by atoms with E-state index < -0.39 is 26.7 Å². The van der Waals surface area contributed by atoms with Gasteiger partial charge in [-0.15, -0.1) is 0 Å². The van der Waals surface area contributed by atoms with E-state index in [1.165, 1.54) is 18.2 Å². The molecule has 0 unspecified atom stereocenters. The molecule has 0 aliphatic carbocycles. The molecule has 0 saturated carbocycles. The van der Waals surface area contributed by atoms with Gasteiger partial charge in [0, 0.05) is 17.3 Å². The van der Waals surface area contributed by atoms with Crippen molar-refractivity contribution in [1.29, 1.82) is 0 Å². The zero-order chi connectivity index (χ0) is 20.8. The molecule has 0 spiro atoms. The molecule has 4 aromatic rings. The Labute approximate surface area is 162 Å². The second kappa shape index (κ2) is 6.72. The summed E-state index contributed by atoms with van der Waals surface area (Å²) in [6.07, 6.45) is 1.08. The van der Waals surface area contributed by atoms with Gasteiger partial charge in [-0.1, -0.05) is 0 Å². The maximum absolute atomic E-state index is 12.4. The van der Waals surface area contributed by atoms with E-state index in [4.69, 9.17) is 13.4 Å². The van der Waals surface area contributed by atoms with Gasteiger partial charge in [-0.2, -0.15) is 13.5 Å². The van der Waals surface area contributed by atoms with Gasteiger partial charge < -0.3 is 8.83 Å². The molecule has 0 aliphatic heterocycles. The molecule has 29 heavy (non-hydrogen) atoms. The number of benzene rings is 1. The van der Waals surface area contributed by atoms with Gasteiger partial charge in [0.25, 0.3) is 5.91 Å². The molecule has 4 rings (SSSR count). The molecule has 0 fully saturated rings. The number of carbonyl (C=O) groups excluding carboxylic acids is 1. The van der Waals surface area contributed by atoms with Crippen LogP contribution in [0.15, 0.2) is 66.3 Å². The van der Waals surface area contributed by atoms with Gasteiger partial charge in [-0.05, 0) is 43.3 Å². The highest BCUT2D eigenvalue weighted by Gasteiger charge is 2.15. The lowest BCUT2D eigenvalue weighted by Crippen LogP contribution is -2.18. The lowest BCUT2D eigenvalue weighted by atomic mass is 10.1. The number of hydrogen-bond acceptors (Lipinski definition) is 7. The van der Waals surface area contributed by atoms with Gasteiger partial charge in [-0.25, -0.2) is 10.2 Å². The second-order valence-electron chi connectivity index (χ2n) is 6.10. The van der Waals surface area contributed by atoms with Crippen LogP contribution in [0, 0.1) is 6.92 Å². The topological polar surface area (TPSA) is 144 Å². The number of furan rings is 1. The highest BCUT2D eigenvalue weighted by Crippen LogP contribution is 2.19. The van der Waals surface area contributed by atoms with Crippen LogP contribution in [0.2, 0.25) is 0 Å². The third-order valence-corrected chi connectivity index (χ3v) is 4.90. The van der Waals surface area contributed by atoms with E-state index >= 15 is 0 Å². The van der Waals surface area contributed by atoms with Crippen molar-refractivity contribution in [2.45, 2.75) is 12.0 Å². The van der Waals surface area contributed by atoms with Gasteiger partial charge >= 0.3 is 15.7 Å². The van der Waals surface area contributed by atoms with E-state index in [1.807, 2.05) is 6.92 Å². The summed E-state index contributed by atoms with van der Waals surface area (Å²) in [4.78, 5) is 24.5. The van der Waals surface area contributed by atoms with Crippen LogP contribution in [0.1, 0.15) is 21.8 Å². The number of carbonyl (C=O) groups is 1. The van der Waals surface area contributed by atoms with Gasteiger partial charge in [0.1, 0.15) is 5.76 Å². The van der Waals surface area contributed by atoms with Crippen molar-refractivity contribution in [2.24, 2.45) is 5.10 Å². The molecule has 10 nitrogen and oxygen atoms in total. The van der Waals surface area contributed by atoms with E-state index in [9.17, 15) is 18.0 Å². The van der Waals surface area contributed by atoms with E-state index in [2.05, 4.69) is 10.5 Å². The van der Waals surface area contributed by atoms with E-state index in [0.717, 1.165) is 18.0 Å². The first kappa shape index (κ1) is 18.7. The number of amides is 1. The molecule has 0 bridgehead atoms. The average molecular weight is 415 g/mol. The fraction of sp³-hybridized carbons (Fsp3) is 0.0556. The lowest BCUT2D eigenvalue weighted by molar-refractivity contribution is 0.0955. The maximum atomic E-state index is 12.4. The van der Waals surface area contributed by atoms with Crippen molar-refractivity contribution in [3.8, 4) is 0 Å². The third kappa shape index (κ3) is 3.44. The molecule has 148 valence electrons. The maximum Gasteiger partial charge on any atom is 0.346 e. The molecule has 3 heterocycles. The van der Waals surface area contributed by atoms with Crippen LogP contribution in [0.4, 0.5) is 0 Å². The van der Waals surface area contributed by atoms with Crippen molar-refractivity contribution in [1.82, 2.24) is 9.83 Å². The molecule has 0 atom stereocenters. The number of aryl methyl sites for hydroxylation is 1. The average Bonchev–Trinajstić information content (AvgIpc) is 3.28. The number of nitrogens with one attached hydrogen (secondary N) is 1. The van der Waals surface area contributed by atoms with E-state index in [0.29, 0.717) is 16.6 Å². The number of hydrogen-bond donors (Lipinski definition) is 2. The Balaban J connectivity index is 1.62. The zero-order valence-electron chi connectivity index (χ0n) is 14.8. The molecule has 3 aromatic heterocycles. The summed E-state index contributed by atoms with van der Waals surface area (Å²) >= 11 is 0. The molecule has 0 saturated heterocycles. The van der Waals surface area contributed by atoms with Crippen molar-refractivity contribution in [2.75, 3.05) is 0 Å². The van der Waals surface area contributed by atoms with E-state index in [1.54, 1.807) is 22.6 Å². The first-order valence-corrected chi connectivity index (χ1v) is 9.64. The van der Waals surface area contributed by atoms with Gasteiger partial charge in [0.05, 0.1) is 17.1 Å². The second-order valence-corrected chi connectivity index (χ2v) is 7.45. The number of fused-ring (bicyclic) bond motifs is 3. The number of rotatable bonds is 4. The minimum absolute atomic E-state index is 0.0127. The predicted molar refractivity (Wildman–Crippen MR) is 102 cm³/mol. The van der Waals surface area contributed by atoms with Crippen LogP contribution >= 0.6 is 0 Å². The van der Waals surface area contributed by atoms with Crippen LogP contribution in [-0.2, 0) is 10.1 Å². The highest BCUT2D eigenvalue weighted by molar-refractivity contribution is 7.85. The fourth-order valence-corrected chi connectivity index (χ4v) is 3.29. The minimum Gasteiger partial charge on any atom is -0.441 e. The van der Waals surface area contributed by atoms with E-state index in [-0.39, 0.29) is 11.3 Å². The summed E-state index contributed by atoms with van der Waals surface area (Å²) in [5, 5.41) is 3.39. The first-order chi connectivity index (χ1) is 13.7. The molecule has 2 N–H and O–H groups in total. The van der Waals surface area contributed by atoms with Crippen molar-refractivity contribution >= 4 is 38.9 Å². The van der Waals surface area contributed by atoms with Gasteiger partial charge in [-0.3, -0.25) is 13.7 Å². The predicted octanol–water partition coefficient (Wildman–Crippen LogP) is 1.96. The van der Waals surface area contributed by atoms with Crippen molar-refractivity contribution < 1.29 is 26.6 Å². The monoisotopic (exact) mass is 415 g/mol. The summed E-state index contributed by atoms with van der Waals surface area (Å²) in [6, 6.07) is 10.3. The highest BCUT2D eigenvalue weighted by atomic mass is 32.2. The number of aromatic nitrogens is 1. The molecule has 0 radical (unpaired) electrons. The standard InChI is InChI=1S/C18H13N3O7S/c1-10-2-6-15-21(10)14-8-11(3-5-13(14)18(23)28-15)17(22)20-19-9-12-4-7-16(27-12)29(24,25)26/h2-9H,1H3,(H,20,22)(H,24,25,26)/b19-9+. The van der Waals surface area contributed by atoms with Gasteiger partial charge in [0.2, 0.25) is 10.8 Å². The number of hydrazone groups is 1. The molecular weight excluding hydrogens is 402 g/mol. The SMILES string of the molecule is Cc1ccc2oc(=O)c3ccc(C(=O)N/N=C/c4ccc(S(=O)(=O)O)o4)cc3n12. The molecule has 1 aromatic carbocycles.